The Balaban J connectivity index is 1.69. The van der Waals surface area contributed by atoms with E-state index in [4.69, 9.17) is 18.7 Å². The number of rotatable bonds is 8. The van der Waals surface area contributed by atoms with Gasteiger partial charge in [0.25, 0.3) is 11.8 Å². The Morgan fingerprint density at radius 2 is 2.22 bits per heavy atom. The molecule has 1 atom stereocenters. The van der Waals surface area contributed by atoms with Crippen LogP contribution in [0.5, 0.6) is 5.75 Å². The molecular formula is C18H22FN3O5. The summed E-state index contributed by atoms with van der Waals surface area (Å²) in [6, 6.07) is 3.86. The van der Waals surface area contributed by atoms with Crippen LogP contribution in [0.15, 0.2) is 22.7 Å². The Hall–Kier alpha value is -2.52. The van der Waals surface area contributed by atoms with E-state index in [0.717, 1.165) is 6.42 Å². The summed E-state index contributed by atoms with van der Waals surface area (Å²) in [5.74, 6) is 0.0211. The molecule has 9 heteroatoms. The molecule has 1 amide bonds. The molecule has 1 aromatic carbocycles. The third-order valence-corrected chi connectivity index (χ3v) is 4.35. The SMILES string of the molecule is COCCOCc1nc(C2CCCN2C(=O)c2ccc(OC)c(F)c2)no1. The molecule has 0 aliphatic carbocycles. The van der Waals surface area contributed by atoms with Crippen LogP contribution in [-0.4, -0.2) is 54.9 Å². The standard InChI is InChI=1S/C18H22FN3O5/c1-24-8-9-26-11-16-20-17(21-27-16)14-4-3-7-22(14)18(23)12-5-6-15(25-2)13(19)10-12/h5-6,10,14H,3-4,7-9,11H2,1-2H3. The highest BCUT2D eigenvalue weighted by molar-refractivity contribution is 5.94. The van der Waals surface area contributed by atoms with Crippen LogP contribution in [0.3, 0.4) is 0 Å². The zero-order valence-electron chi connectivity index (χ0n) is 15.3. The van der Waals surface area contributed by atoms with E-state index in [1.54, 1.807) is 18.1 Å². The van der Waals surface area contributed by atoms with Gasteiger partial charge >= 0.3 is 0 Å². The van der Waals surface area contributed by atoms with Crippen LogP contribution < -0.4 is 4.74 Å². The Morgan fingerprint density at radius 3 is 2.96 bits per heavy atom. The molecule has 1 aliphatic rings. The first kappa shape index (κ1) is 19.2. The van der Waals surface area contributed by atoms with Crippen molar-refractivity contribution in [3.05, 3.63) is 41.3 Å². The van der Waals surface area contributed by atoms with Gasteiger partial charge in [-0.25, -0.2) is 4.39 Å². The third-order valence-electron chi connectivity index (χ3n) is 4.35. The van der Waals surface area contributed by atoms with Crippen molar-refractivity contribution in [2.75, 3.05) is 34.0 Å². The van der Waals surface area contributed by atoms with Crippen LogP contribution >= 0.6 is 0 Å². The molecule has 1 fully saturated rings. The monoisotopic (exact) mass is 379 g/mol. The Bertz CT molecular complexity index is 782. The van der Waals surface area contributed by atoms with Crippen LogP contribution in [0.25, 0.3) is 0 Å². The largest absolute Gasteiger partial charge is 0.494 e. The fourth-order valence-electron chi connectivity index (χ4n) is 3.01. The van der Waals surface area contributed by atoms with Gasteiger partial charge in [0, 0.05) is 19.2 Å². The third kappa shape index (κ3) is 4.42. The van der Waals surface area contributed by atoms with Gasteiger partial charge < -0.3 is 23.6 Å². The zero-order chi connectivity index (χ0) is 19.2. The molecule has 1 aromatic heterocycles. The number of likely N-dealkylation sites (tertiary alicyclic amines) is 1. The summed E-state index contributed by atoms with van der Waals surface area (Å²) in [7, 11) is 2.97. The normalized spacial score (nSPS) is 16.7. The smallest absolute Gasteiger partial charge is 0.254 e. The van der Waals surface area contributed by atoms with Gasteiger partial charge in [0.2, 0.25) is 0 Å². The molecule has 27 heavy (non-hydrogen) atoms. The molecule has 146 valence electrons. The predicted octanol–water partition coefficient (Wildman–Crippen LogP) is 2.36. The fourth-order valence-corrected chi connectivity index (χ4v) is 3.01. The lowest BCUT2D eigenvalue weighted by Crippen LogP contribution is -2.31. The lowest BCUT2D eigenvalue weighted by molar-refractivity contribution is 0.0494. The summed E-state index contributed by atoms with van der Waals surface area (Å²) in [4.78, 5) is 18.8. The maximum atomic E-state index is 13.9. The van der Waals surface area contributed by atoms with E-state index < -0.39 is 5.82 Å². The first-order valence-electron chi connectivity index (χ1n) is 8.67. The zero-order valence-corrected chi connectivity index (χ0v) is 15.3. The molecule has 2 aromatic rings. The van der Waals surface area contributed by atoms with Crippen molar-refractivity contribution in [2.24, 2.45) is 0 Å². The molecule has 1 aliphatic heterocycles. The predicted molar refractivity (Wildman–Crippen MR) is 91.8 cm³/mol. The molecule has 0 N–H and O–H groups in total. The summed E-state index contributed by atoms with van der Waals surface area (Å²) in [6.07, 6.45) is 1.52. The minimum atomic E-state index is -0.575. The quantitative estimate of drug-likeness (QED) is 0.651. The number of amides is 1. The summed E-state index contributed by atoms with van der Waals surface area (Å²) < 4.78 is 34.3. The number of aromatic nitrogens is 2. The number of benzene rings is 1. The Labute approximate surface area is 156 Å². The number of nitrogens with zero attached hydrogens (tertiary/aromatic N) is 3. The topological polar surface area (TPSA) is 86.9 Å². The Morgan fingerprint density at radius 1 is 1.37 bits per heavy atom. The van der Waals surface area contributed by atoms with Crippen LogP contribution in [-0.2, 0) is 16.1 Å². The number of carbonyl (C=O) groups excluding carboxylic acids is 1. The number of hydrogen-bond acceptors (Lipinski definition) is 7. The minimum Gasteiger partial charge on any atom is -0.494 e. The van der Waals surface area contributed by atoms with Gasteiger partial charge in [-0.1, -0.05) is 5.16 Å². The van der Waals surface area contributed by atoms with Gasteiger partial charge in [-0.15, -0.1) is 0 Å². The molecule has 8 nitrogen and oxygen atoms in total. The van der Waals surface area contributed by atoms with Crippen LogP contribution in [0.4, 0.5) is 4.39 Å². The highest BCUT2D eigenvalue weighted by atomic mass is 19.1. The van der Waals surface area contributed by atoms with Crippen LogP contribution in [0.1, 0.15) is 41.0 Å². The number of halogens is 1. The Kier molecular flexibility index (Phi) is 6.36. The molecule has 0 bridgehead atoms. The number of hydrogen-bond donors (Lipinski definition) is 0. The van der Waals surface area contributed by atoms with E-state index in [0.29, 0.717) is 37.9 Å². The van der Waals surface area contributed by atoms with Crippen molar-refractivity contribution in [2.45, 2.75) is 25.5 Å². The first-order chi connectivity index (χ1) is 13.1. The summed E-state index contributed by atoms with van der Waals surface area (Å²) in [5, 5.41) is 3.98. The van der Waals surface area contributed by atoms with Crippen molar-refractivity contribution in [3.8, 4) is 5.75 Å². The van der Waals surface area contributed by atoms with E-state index in [1.165, 1.54) is 19.2 Å². The van der Waals surface area contributed by atoms with Gasteiger partial charge in [0.15, 0.2) is 17.4 Å². The van der Waals surface area contributed by atoms with E-state index in [-0.39, 0.29) is 29.9 Å². The highest BCUT2D eigenvalue weighted by Gasteiger charge is 2.34. The summed E-state index contributed by atoms with van der Waals surface area (Å²) >= 11 is 0. The van der Waals surface area contributed by atoms with Gasteiger partial charge in [-0.3, -0.25) is 4.79 Å². The highest BCUT2D eigenvalue weighted by Crippen LogP contribution is 2.32. The maximum absolute atomic E-state index is 13.9. The van der Waals surface area contributed by atoms with Gasteiger partial charge in [0.05, 0.1) is 26.4 Å². The molecule has 1 saturated heterocycles. The number of methoxy groups -OCH3 is 2. The van der Waals surface area contributed by atoms with Crippen molar-refractivity contribution >= 4 is 5.91 Å². The first-order valence-corrected chi connectivity index (χ1v) is 8.67. The lowest BCUT2D eigenvalue weighted by Gasteiger charge is -2.22. The molecular weight excluding hydrogens is 357 g/mol. The van der Waals surface area contributed by atoms with Crippen molar-refractivity contribution in [3.63, 3.8) is 0 Å². The van der Waals surface area contributed by atoms with E-state index >= 15 is 0 Å². The van der Waals surface area contributed by atoms with Gasteiger partial charge in [0.1, 0.15) is 6.61 Å². The van der Waals surface area contributed by atoms with Gasteiger partial charge in [-0.05, 0) is 31.0 Å². The summed E-state index contributed by atoms with van der Waals surface area (Å²) in [5.41, 5.74) is 0.256. The second-order valence-corrected chi connectivity index (χ2v) is 6.10. The maximum Gasteiger partial charge on any atom is 0.254 e. The lowest BCUT2D eigenvalue weighted by atomic mass is 10.1. The van der Waals surface area contributed by atoms with Crippen molar-refractivity contribution < 1.29 is 27.9 Å². The average Bonchev–Trinajstić information content (AvgIpc) is 3.33. The van der Waals surface area contributed by atoms with E-state index in [9.17, 15) is 9.18 Å². The van der Waals surface area contributed by atoms with Crippen LogP contribution in [0, 0.1) is 5.82 Å². The van der Waals surface area contributed by atoms with Crippen LogP contribution in [0.2, 0.25) is 0 Å². The molecule has 0 saturated carbocycles. The minimum absolute atomic E-state index is 0.0980. The second-order valence-electron chi connectivity index (χ2n) is 6.10. The molecule has 0 spiro atoms. The fraction of sp³-hybridized carbons (Fsp3) is 0.500. The van der Waals surface area contributed by atoms with Crippen molar-refractivity contribution in [1.29, 1.82) is 0 Å². The van der Waals surface area contributed by atoms with Crippen molar-refractivity contribution in [1.82, 2.24) is 15.0 Å². The number of ether oxygens (including phenoxy) is 3. The molecule has 0 radical (unpaired) electrons. The van der Waals surface area contributed by atoms with E-state index in [1.807, 2.05) is 0 Å². The van der Waals surface area contributed by atoms with Gasteiger partial charge in [-0.2, -0.15) is 4.98 Å². The second kappa shape index (κ2) is 8.92. The number of carbonyl (C=O) groups is 1. The molecule has 3 rings (SSSR count). The average molecular weight is 379 g/mol. The summed E-state index contributed by atoms with van der Waals surface area (Å²) in [6.45, 7) is 1.63. The molecule has 1 unspecified atom stereocenters. The molecule has 2 heterocycles. The van der Waals surface area contributed by atoms with E-state index in [2.05, 4.69) is 10.1 Å².